The first-order valence-electron chi connectivity index (χ1n) is 9.40. The summed E-state index contributed by atoms with van der Waals surface area (Å²) in [5.74, 6) is -0.653. The van der Waals surface area contributed by atoms with Gasteiger partial charge < -0.3 is 5.11 Å². The average molecular weight is 345 g/mol. The zero-order valence-corrected chi connectivity index (χ0v) is 16.0. The summed E-state index contributed by atoms with van der Waals surface area (Å²) >= 11 is 0. The Morgan fingerprint density at radius 1 is 0.652 bits per heavy atom. The molecule has 0 amide bonds. The Bertz CT molecular complexity index is 276. The molecule has 5 heteroatoms. The monoisotopic (exact) mass is 344 g/mol. The van der Waals surface area contributed by atoms with E-state index < -0.39 is 15.3 Å². The molecule has 0 fully saturated rings. The van der Waals surface area contributed by atoms with Crippen LogP contribution >= 0.6 is 0 Å². The molecule has 0 unspecified atom stereocenters. The normalized spacial score (nSPS) is 9.78. The molecule has 0 aromatic rings. The summed E-state index contributed by atoms with van der Waals surface area (Å²) in [6.07, 6.45) is 20.2. The van der Waals surface area contributed by atoms with Crippen LogP contribution in [-0.2, 0) is 13.7 Å². The first-order chi connectivity index (χ1) is 11.2. The second-order valence-electron chi connectivity index (χ2n) is 6.18. The van der Waals surface area contributed by atoms with Crippen molar-refractivity contribution in [1.29, 1.82) is 0 Å². The van der Waals surface area contributed by atoms with Gasteiger partial charge in [0.1, 0.15) is 0 Å². The fraction of sp³-hybridized carbons (Fsp3) is 0.944. The fourth-order valence-corrected chi connectivity index (χ4v) is 2.65. The van der Waals surface area contributed by atoms with Crippen molar-refractivity contribution in [2.75, 3.05) is 0 Å². The minimum absolute atomic E-state index is 0.345. The van der Waals surface area contributed by atoms with Gasteiger partial charge in [-0.1, -0.05) is 96.8 Å². The minimum atomic E-state index is -1.42. The highest BCUT2D eigenvalue weighted by Gasteiger charge is 1.97. The van der Waals surface area contributed by atoms with Gasteiger partial charge in [0.25, 0.3) is 0 Å². The highest BCUT2D eigenvalue weighted by molar-refractivity contribution is 5.94. The van der Waals surface area contributed by atoms with E-state index in [-0.39, 0.29) is 0 Å². The molecular formula is C18H36O4Si. The SMILES string of the molecule is CCCCCCCCCCCCCCCCCC(=O)O.O=[Si]=O. The molecule has 0 aliphatic rings. The molecule has 0 atom stereocenters. The topological polar surface area (TPSA) is 71.4 Å². The molecule has 4 nitrogen and oxygen atoms in total. The number of unbranched alkanes of at least 4 members (excludes halogenated alkanes) is 14. The molecule has 0 aliphatic carbocycles. The molecular weight excluding hydrogens is 308 g/mol. The van der Waals surface area contributed by atoms with E-state index in [2.05, 4.69) is 6.92 Å². The molecule has 0 saturated carbocycles. The molecule has 0 rings (SSSR count). The third-order valence-electron chi connectivity index (χ3n) is 3.99. The Hall–Kier alpha value is -0.713. The van der Waals surface area contributed by atoms with Crippen molar-refractivity contribution in [3.8, 4) is 0 Å². The first-order valence-corrected chi connectivity index (χ1v) is 10.2. The number of aliphatic carboxylic acids is 1. The lowest BCUT2D eigenvalue weighted by Crippen LogP contribution is -1.93. The van der Waals surface area contributed by atoms with Crippen LogP contribution in [0.15, 0.2) is 0 Å². The van der Waals surface area contributed by atoms with Crippen LogP contribution in [0.4, 0.5) is 0 Å². The summed E-state index contributed by atoms with van der Waals surface area (Å²) in [5.41, 5.74) is 0. The summed E-state index contributed by atoms with van der Waals surface area (Å²) < 4.78 is 16.8. The van der Waals surface area contributed by atoms with Crippen molar-refractivity contribution in [2.24, 2.45) is 0 Å². The number of hydrogen-bond donors (Lipinski definition) is 1. The maximum absolute atomic E-state index is 10.3. The molecule has 0 spiro atoms. The van der Waals surface area contributed by atoms with Crippen LogP contribution < -0.4 is 0 Å². The molecule has 0 bridgehead atoms. The smallest absolute Gasteiger partial charge is 0.481 e. The number of carboxylic acid groups (broad SMARTS) is 1. The Morgan fingerprint density at radius 3 is 1.17 bits per heavy atom. The zero-order valence-electron chi connectivity index (χ0n) is 15.0. The molecule has 0 radical (unpaired) electrons. The van der Waals surface area contributed by atoms with Gasteiger partial charge in [0, 0.05) is 6.42 Å². The third kappa shape index (κ3) is 29.9. The maximum atomic E-state index is 10.3. The Balaban J connectivity index is 0. The Kier molecular flexibility index (Phi) is 25.1. The molecule has 0 heterocycles. The summed E-state index contributed by atoms with van der Waals surface area (Å²) in [5, 5.41) is 8.52. The predicted octanol–water partition coefficient (Wildman–Crippen LogP) is 5.71. The van der Waals surface area contributed by atoms with E-state index in [9.17, 15) is 4.79 Å². The van der Waals surface area contributed by atoms with Crippen LogP contribution in [0.25, 0.3) is 0 Å². The Labute approximate surface area is 144 Å². The minimum Gasteiger partial charge on any atom is -0.481 e. The van der Waals surface area contributed by atoms with E-state index in [4.69, 9.17) is 14.0 Å². The number of carbonyl (C=O) groups is 1. The molecule has 0 saturated heterocycles. The number of rotatable bonds is 16. The van der Waals surface area contributed by atoms with Gasteiger partial charge in [-0.25, -0.2) is 0 Å². The average Bonchev–Trinajstić information content (AvgIpc) is 2.51. The van der Waals surface area contributed by atoms with Crippen LogP contribution in [0.5, 0.6) is 0 Å². The van der Waals surface area contributed by atoms with E-state index in [0.717, 1.165) is 12.8 Å². The van der Waals surface area contributed by atoms with E-state index >= 15 is 0 Å². The van der Waals surface area contributed by atoms with Crippen LogP contribution in [-0.4, -0.2) is 20.4 Å². The largest absolute Gasteiger partial charge is 0.549 e. The predicted molar refractivity (Wildman–Crippen MR) is 94.3 cm³/mol. The molecule has 1 N–H and O–H groups in total. The van der Waals surface area contributed by atoms with Crippen molar-refractivity contribution in [3.63, 3.8) is 0 Å². The third-order valence-corrected chi connectivity index (χ3v) is 3.99. The van der Waals surface area contributed by atoms with E-state index in [1.54, 1.807) is 0 Å². The second kappa shape index (κ2) is 23.6. The van der Waals surface area contributed by atoms with Gasteiger partial charge >= 0.3 is 15.3 Å². The Morgan fingerprint density at radius 2 is 0.913 bits per heavy atom. The van der Waals surface area contributed by atoms with Crippen molar-refractivity contribution < 1.29 is 18.8 Å². The second-order valence-corrected chi connectivity index (χ2v) is 6.34. The van der Waals surface area contributed by atoms with Crippen molar-refractivity contribution in [2.45, 2.75) is 110 Å². The fourth-order valence-electron chi connectivity index (χ4n) is 2.65. The maximum Gasteiger partial charge on any atom is 0.549 e. The van der Waals surface area contributed by atoms with Gasteiger partial charge in [-0.15, -0.1) is 0 Å². The molecule has 23 heavy (non-hydrogen) atoms. The molecule has 136 valence electrons. The van der Waals surface area contributed by atoms with Crippen molar-refractivity contribution >= 4 is 15.3 Å². The molecule has 0 aromatic heterocycles. The quantitative estimate of drug-likeness (QED) is 0.287. The summed E-state index contributed by atoms with van der Waals surface area (Å²) in [6, 6.07) is 0. The number of carboxylic acids is 1. The van der Waals surface area contributed by atoms with E-state index in [1.165, 1.54) is 83.5 Å². The van der Waals surface area contributed by atoms with Gasteiger partial charge in [-0.2, -0.15) is 0 Å². The van der Waals surface area contributed by atoms with E-state index in [0.29, 0.717) is 6.42 Å². The molecule has 0 aromatic carbocycles. The number of hydrogen-bond acceptors (Lipinski definition) is 3. The van der Waals surface area contributed by atoms with E-state index in [1.807, 2.05) is 0 Å². The van der Waals surface area contributed by atoms with Crippen LogP contribution in [0, 0.1) is 0 Å². The zero-order chi connectivity index (χ0) is 17.6. The lowest BCUT2D eigenvalue weighted by molar-refractivity contribution is -0.137. The van der Waals surface area contributed by atoms with Crippen molar-refractivity contribution in [1.82, 2.24) is 0 Å². The summed E-state index contributed by atoms with van der Waals surface area (Å²) in [4.78, 5) is 10.3. The van der Waals surface area contributed by atoms with Gasteiger partial charge in [-0.3, -0.25) is 13.7 Å². The lowest BCUT2D eigenvalue weighted by atomic mass is 10.0. The van der Waals surface area contributed by atoms with Crippen molar-refractivity contribution in [3.05, 3.63) is 0 Å². The highest BCUT2D eigenvalue weighted by atomic mass is 28.2. The van der Waals surface area contributed by atoms with Crippen LogP contribution in [0.2, 0.25) is 0 Å². The van der Waals surface area contributed by atoms with Gasteiger partial charge in [0.15, 0.2) is 0 Å². The van der Waals surface area contributed by atoms with Crippen LogP contribution in [0.3, 0.4) is 0 Å². The van der Waals surface area contributed by atoms with Gasteiger partial charge in [-0.05, 0) is 6.42 Å². The standard InChI is InChI=1S/C18H36O2.O2Si/c1-2-3-4-5-6-7-8-9-10-11-12-13-14-15-16-17-18(19)20;1-3-2/h2-17H2,1H3,(H,19,20);. The summed E-state index contributed by atoms with van der Waals surface area (Å²) in [7, 11) is -1.42. The molecule has 0 aliphatic heterocycles. The van der Waals surface area contributed by atoms with Crippen LogP contribution in [0.1, 0.15) is 110 Å². The lowest BCUT2D eigenvalue weighted by Gasteiger charge is -2.03. The van der Waals surface area contributed by atoms with Gasteiger partial charge in [0.05, 0.1) is 0 Å². The first kappa shape index (κ1) is 24.5. The summed E-state index contributed by atoms with van der Waals surface area (Å²) in [6.45, 7) is 2.27. The van der Waals surface area contributed by atoms with Gasteiger partial charge in [0.2, 0.25) is 0 Å². The highest BCUT2D eigenvalue weighted by Crippen LogP contribution is 2.13.